The molecule has 0 saturated carbocycles. The van der Waals surface area contributed by atoms with Gasteiger partial charge in [-0.2, -0.15) is 0 Å². The number of amides is 1. The van der Waals surface area contributed by atoms with Crippen molar-refractivity contribution in [3.8, 4) is 5.75 Å². The molecule has 1 atom stereocenters. The number of benzene rings is 2. The first kappa shape index (κ1) is 23.5. The van der Waals surface area contributed by atoms with Crippen LogP contribution in [-0.4, -0.2) is 60.9 Å². The van der Waals surface area contributed by atoms with Crippen molar-refractivity contribution in [2.24, 2.45) is 0 Å². The first-order chi connectivity index (χ1) is 15.3. The van der Waals surface area contributed by atoms with Crippen LogP contribution in [0, 0.1) is 6.92 Å². The number of nitrogens with zero attached hydrogens (tertiary/aromatic N) is 2. The molecule has 0 radical (unpaired) electrons. The van der Waals surface area contributed by atoms with E-state index in [4.69, 9.17) is 4.74 Å². The molecule has 1 aliphatic rings. The van der Waals surface area contributed by atoms with Gasteiger partial charge in [-0.3, -0.25) is 9.59 Å². The fourth-order valence-corrected chi connectivity index (χ4v) is 4.13. The Labute approximate surface area is 190 Å². The van der Waals surface area contributed by atoms with Gasteiger partial charge in [0.25, 0.3) is 11.7 Å². The zero-order valence-electron chi connectivity index (χ0n) is 19.5. The normalized spacial score (nSPS) is 17.9. The number of aliphatic hydroxyl groups excluding tert-OH is 1. The Morgan fingerprint density at radius 2 is 1.81 bits per heavy atom. The lowest BCUT2D eigenvalue weighted by Gasteiger charge is -2.26. The van der Waals surface area contributed by atoms with E-state index in [1.165, 1.54) is 5.56 Å². The van der Waals surface area contributed by atoms with Crippen molar-refractivity contribution in [3.05, 3.63) is 70.3 Å². The molecule has 1 fully saturated rings. The lowest BCUT2D eigenvalue weighted by atomic mass is 9.94. The second-order valence-corrected chi connectivity index (χ2v) is 8.43. The number of likely N-dealkylation sites (tertiary alicyclic amines) is 1. The predicted molar refractivity (Wildman–Crippen MR) is 126 cm³/mol. The maximum absolute atomic E-state index is 13.1. The highest BCUT2D eigenvalue weighted by molar-refractivity contribution is 6.46. The van der Waals surface area contributed by atoms with Crippen LogP contribution in [0.15, 0.2) is 48.0 Å². The zero-order chi connectivity index (χ0) is 23.4. The van der Waals surface area contributed by atoms with Crippen LogP contribution in [0.25, 0.3) is 5.76 Å². The van der Waals surface area contributed by atoms with Gasteiger partial charge in [0.2, 0.25) is 0 Å². The molecular formula is C26H32N2O4. The van der Waals surface area contributed by atoms with Gasteiger partial charge >= 0.3 is 0 Å². The van der Waals surface area contributed by atoms with E-state index in [0.29, 0.717) is 17.9 Å². The summed E-state index contributed by atoms with van der Waals surface area (Å²) in [5.74, 6) is -0.684. The summed E-state index contributed by atoms with van der Waals surface area (Å²) >= 11 is 0. The second kappa shape index (κ2) is 10.0. The van der Waals surface area contributed by atoms with Gasteiger partial charge in [-0.05, 0) is 75.3 Å². The molecule has 0 aliphatic carbocycles. The van der Waals surface area contributed by atoms with Gasteiger partial charge < -0.3 is 19.6 Å². The standard InChI is InChI=1S/C26H32N2O4/c1-6-18-8-10-19(11-9-18)23-22(24(29)20-12-13-21(32-5)17(2)16-20)25(30)26(31)28(23)15-7-14-27(3)4/h8-13,16,23,29H,6-7,14-15H2,1-5H3/b24-22+/t23-/m1/s1. The number of hydrogen-bond acceptors (Lipinski definition) is 5. The summed E-state index contributed by atoms with van der Waals surface area (Å²) in [7, 11) is 5.53. The maximum Gasteiger partial charge on any atom is 0.295 e. The van der Waals surface area contributed by atoms with Crippen molar-refractivity contribution in [2.45, 2.75) is 32.7 Å². The Morgan fingerprint density at radius 3 is 2.38 bits per heavy atom. The summed E-state index contributed by atoms with van der Waals surface area (Å²) in [5.41, 5.74) is 3.45. The van der Waals surface area contributed by atoms with Crippen molar-refractivity contribution in [1.29, 1.82) is 0 Å². The summed E-state index contributed by atoms with van der Waals surface area (Å²) in [6, 6.07) is 12.5. The van der Waals surface area contributed by atoms with Crippen LogP contribution in [0.4, 0.5) is 0 Å². The number of ether oxygens (including phenoxy) is 1. The predicted octanol–water partition coefficient (Wildman–Crippen LogP) is 3.94. The summed E-state index contributed by atoms with van der Waals surface area (Å²) < 4.78 is 5.31. The van der Waals surface area contributed by atoms with Crippen LogP contribution in [0.1, 0.15) is 41.6 Å². The second-order valence-electron chi connectivity index (χ2n) is 8.43. The Bertz CT molecular complexity index is 1020. The monoisotopic (exact) mass is 436 g/mol. The average molecular weight is 437 g/mol. The van der Waals surface area contributed by atoms with Gasteiger partial charge in [0.1, 0.15) is 11.5 Å². The minimum atomic E-state index is -0.648. The molecule has 0 unspecified atom stereocenters. The number of aryl methyl sites for hydroxylation is 2. The molecule has 32 heavy (non-hydrogen) atoms. The number of Topliss-reactive ketones (excluding diaryl/α,β-unsaturated/α-hetero) is 1. The number of carbonyl (C=O) groups excluding carboxylic acids is 2. The molecule has 1 amide bonds. The first-order valence-electron chi connectivity index (χ1n) is 11.0. The molecule has 1 aliphatic heterocycles. The van der Waals surface area contributed by atoms with Gasteiger partial charge in [0, 0.05) is 12.1 Å². The lowest BCUT2D eigenvalue weighted by Crippen LogP contribution is -2.32. The van der Waals surface area contributed by atoms with Gasteiger partial charge in [-0.1, -0.05) is 31.2 Å². The molecular weight excluding hydrogens is 404 g/mol. The van der Waals surface area contributed by atoms with Crippen molar-refractivity contribution in [1.82, 2.24) is 9.80 Å². The molecule has 1 heterocycles. The third-order valence-corrected chi connectivity index (χ3v) is 5.92. The molecule has 6 nitrogen and oxygen atoms in total. The number of ketones is 1. The Hall–Kier alpha value is -3.12. The van der Waals surface area contributed by atoms with E-state index in [1.54, 1.807) is 30.2 Å². The van der Waals surface area contributed by atoms with E-state index >= 15 is 0 Å². The average Bonchev–Trinajstić information content (AvgIpc) is 3.03. The Morgan fingerprint density at radius 1 is 1.12 bits per heavy atom. The topological polar surface area (TPSA) is 70.1 Å². The number of rotatable bonds is 8. The van der Waals surface area contributed by atoms with E-state index in [0.717, 1.165) is 30.5 Å². The first-order valence-corrected chi connectivity index (χ1v) is 11.0. The number of methoxy groups -OCH3 is 1. The van der Waals surface area contributed by atoms with Crippen molar-refractivity contribution >= 4 is 17.4 Å². The van der Waals surface area contributed by atoms with E-state index < -0.39 is 17.7 Å². The van der Waals surface area contributed by atoms with Crippen LogP contribution < -0.4 is 4.74 Å². The summed E-state index contributed by atoms with van der Waals surface area (Å²) in [4.78, 5) is 29.7. The number of carbonyl (C=O) groups is 2. The quantitative estimate of drug-likeness (QED) is 0.386. The van der Waals surface area contributed by atoms with Crippen LogP contribution in [-0.2, 0) is 16.0 Å². The lowest BCUT2D eigenvalue weighted by molar-refractivity contribution is -0.139. The molecule has 0 spiro atoms. The summed E-state index contributed by atoms with van der Waals surface area (Å²) in [5, 5.41) is 11.2. The van der Waals surface area contributed by atoms with E-state index in [1.807, 2.05) is 50.2 Å². The molecule has 3 rings (SSSR count). The molecule has 2 aromatic carbocycles. The van der Waals surface area contributed by atoms with E-state index in [-0.39, 0.29) is 11.3 Å². The van der Waals surface area contributed by atoms with Crippen LogP contribution in [0.3, 0.4) is 0 Å². The number of hydrogen-bond donors (Lipinski definition) is 1. The van der Waals surface area contributed by atoms with Crippen molar-refractivity contribution < 1.29 is 19.4 Å². The van der Waals surface area contributed by atoms with Gasteiger partial charge in [0.05, 0.1) is 18.7 Å². The van der Waals surface area contributed by atoms with Crippen LogP contribution in [0.2, 0.25) is 0 Å². The van der Waals surface area contributed by atoms with E-state index in [2.05, 4.69) is 6.92 Å². The van der Waals surface area contributed by atoms with Crippen LogP contribution in [0.5, 0.6) is 5.75 Å². The maximum atomic E-state index is 13.1. The minimum absolute atomic E-state index is 0.133. The molecule has 0 bridgehead atoms. The smallest absolute Gasteiger partial charge is 0.295 e. The molecule has 0 aromatic heterocycles. The van der Waals surface area contributed by atoms with Gasteiger partial charge in [0.15, 0.2) is 0 Å². The molecule has 2 aromatic rings. The molecule has 170 valence electrons. The molecule has 6 heteroatoms. The number of aliphatic hydroxyl groups is 1. The van der Waals surface area contributed by atoms with Crippen LogP contribution >= 0.6 is 0 Å². The largest absolute Gasteiger partial charge is 0.507 e. The third-order valence-electron chi connectivity index (χ3n) is 5.92. The van der Waals surface area contributed by atoms with Crippen molar-refractivity contribution in [3.63, 3.8) is 0 Å². The van der Waals surface area contributed by atoms with Crippen molar-refractivity contribution in [2.75, 3.05) is 34.3 Å². The van der Waals surface area contributed by atoms with Gasteiger partial charge in [-0.25, -0.2) is 0 Å². The molecule has 1 saturated heterocycles. The summed E-state index contributed by atoms with van der Waals surface area (Å²) in [6.07, 6.45) is 1.62. The summed E-state index contributed by atoms with van der Waals surface area (Å²) in [6.45, 7) is 5.17. The fourth-order valence-electron chi connectivity index (χ4n) is 4.13. The Kier molecular flexibility index (Phi) is 7.36. The Balaban J connectivity index is 2.10. The molecule has 1 N–H and O–H groups in total. The van der Waals surface area contributed by atoms with E-state index in [9.17, 15) is 14.7 Å². The SMILES string of the molecule is CCc1ccc([C@@H]2/C(=C(\O)c3ccc(OC)c(C)c3)C(=O)C(=O)N2CCCN(C)C)cc1. The highest BCUT2D eigenvalue weighted by Crippen LogP contribution is 2.40. The zero-order valence-corrected chi connectivity index (χ0v) is 19.5. The fraction of sp³-hybridized carbons (Fsp3) is 0.385. The minimum Gasteiger partial charge on any atom is -0.507 e. The van der Waals surface area contributed by atoms with Gasteiger partial charge in [-0.15, -0.1) is 0 Å². The highest BCUT2D eigenvalue weighted by Gasteiger charge is 2.45. The highest BCUT2D eigenvalue weighted by atomic mass is 16.5. The third kappa shape index (κ3) is 4.70.